The van der Waals surface area contributed by atoms with Crippen LogP contribution in [0.1, 0.15) is 53.4 Å². The number of aromatic nitrogens is 2. The lowest BCUT2D eigenvalue weighted by atomic mass is 10.0. The number of fused-ring (bicyclic) bond motifs is 1. The minimum atomic E-state index is -0.350. The van der Waals surface area contributed by atoms with E-state index in [4.69, 9.17) is 0 Å². The third-order valence-electron chi connectivity index (χ3n) is 4.37. The monoisotopic (exact) mass is 327 g/mol. The van der Waals surface area contributed by atoms with Gasteiger partial charge in [-0.2, -0.15) is 5.10 Å². The number of ketones is 1. The first-order chi connectivity index (χ1) is 11.4. The zero-order valence-corrected chi connectivity index (χ0v) is 14.1. The Labute approximate surface area is 140 Å². The van der Waals surface area contributed by atoms with Crippen molar-refractivity contribution in [1.29, 1.82) is 0 Å². The number of hydrogen-bond donors (Lipinski definition) is 1. The van der Waals surface area contributed by atoms with E-state index < -0.39 is 0 Å². The van der Waals surface area contributed by atoms with E-state index >= 15 is 0 Å². The van der Waals surface area contributed by atoms with Gasteiger partial charge in [-0.1, -0.05) is 30.3 Å². The lowest BCUT2D eigenvalue weighted by Crippen LogP contribution is -2.47. The summed E-state index contributed by atoms with van der Waals surface area (Å²) in [6.07, 6.45) is 0.669. The summed E-state index contributed by atoms with van der Waals surface area (Å²) >= 11 is 0. The molecule has 1 N–H and O–H groups in total. The Morgan fingerprint density at radius 2 is 2.00 bits per heavy atom. The third kappa shape index (κ3) is 2.68. The Hall–Kier alpha value is -2.63. The smallest absolute Gasteiger partial charge is 0.276 e. The number of hydrogen-bond acceptors (Lipinski definition) is 4. The van der Waals surface area contributed by atoms with E-state index in [1.807, 2.05) is 44.2 Å². The standard InChI is InChI=1S/C18H21N3O3/c1-11(2)20-10-14(9-13-7-5-4-6-8-13)21-16(18(20)24)17(23)15(19-21)12(3)22/h4-8,11,14,23H,9-10H2,1-3H3. The second-order valence-electron chi connectivity index (χ2n) is 6.44. The molecule has 1 aliphatic heterocycles. The maximum Gasteiger partial charge on any atom is 0.276 e. The zero-order valence-electron chi connectivity index (χ0n) is 14.1. The highest BCUT2D eigenvalue weighted by Crippen LogP contribution is 2.33. The van der Waals surface area contributed by atoms with Gasteiger partial charge in [0.05, 0.1) is 6.04 Å². The van der Waals surface area contributed by atoms with Crippen LogP contribution >= 0.6 is 0 Å². The summed E-state index contributed by atoms with van der Waals surface area (Å²) < 4.78 is 1.53. The van der Waals surface area contributed by atoms with E-state index in [1.54, 1.807) is 4.90 Å². The van der Waals surface area contributed by atoms with Crippen LogP contribution in [0.5, 0.6) is 5.75 Å². The molecule has 0 saturated carbocycles. The topological polar surface area (TPSA) is 75.4 Å². The van der Waals surface area contributed by atoms with Crippen molar-refractivity contribution in [3.05, 3.63) is 47.3 Å². The molecule has 1 aromatic heterocycles. The quantitative estimate of drug-likeness (QED) is 0.875. The molecule has 1 amide bonds. The Morgan fingerprint density at radius 1 is 1.33 bits per heavy atom. The Bertz CT molecular complexity index is 780. The predicted molar refractivity (Wildman–Crippen MR) is 89.3 cm³/mol. The molecule has 1 aromatic carbocycles. The third-order valence-corrected chi connectivity index (χ3v) is 4.37. The fourth-order valence-corrected chi connectivity index (χ4v) is 3.13. The van der Waals surface area contributed by atoms with Gasteiger partial charge < -0.3 is 10.0 Å². The number of rotatable bonds is 4. The van der Waals surface area contributed by atoms with Crippen molar-refractivity contribution < 1.29 is 14.7 Å². The van der Waals surface area contributed by atoms with E-state index in [2.05, 4.69) is 5.10 Å². The van der Waals surface area contributed by atoms with Gasteiger partial charge >= 0.3 is 0 Å². The molecule has 3 rings (SSSR count). The number of nitrogens with zero attached hydrogens (tertiary/aromatic N) is 3. The van der Waals surface area contributed by atoms with Crippen LogP contribution < -0.4 is 0 Å². The first kappa shape index (κ1) is 16.2. The zero-order chi connectivity index (χ0) is 17.4. The molecule has 24 heavy (non-hydrogen) atoms. The summed E-state index contributed by atoms with van der Waals surface area (Å²) in [4.78, 5) is 26.1. The van der Waals surface area contributed by atoms with Gasteiger partial charge in [0.25, 0.3) is 5.91 Å². The van der Waals surface area contributed by atoms with Crippen LogP contribution in [0, 0.1) is 0 Å². The normalized spacial score (nSPS) is 17.2. The number of carbonyl (C=O) groups excluding carboxylic acids is 2. The summed E-state index contributed by atoms with van der Waals surface area (Å²) in [5, 5.41) is 14.6. The highest BCUT2D eigenvalue weighted by Gasteiger charge is 2.38. The molecule has 0 radical (unpaired) electrons. The Balaban J connectivity index is 2.07. The van der Waals surface area contributed by atoms with Gasteiger partial charge in [0.15, 0.2) is 22.9 Å². The van der Waals surface area contributed by atoms with E-state index in [0.29, 0.717) is 13.0 Å². The first-order valence-corrected chi connectivity index (χ1v) is 8.07. The van der Waals surface area contributed by atoms with Gasteiger partial charge in [0, 0.05) is 19.5 Å². The molecule has 0 fully saturated rings. The second-order valence-corrected chi connectivity index (χ2v) is 6.44. The summed E-state index contributed by atoms with van der Waals surface area (Å²) in [6, 6.07) is 9.79. The van der Waals surface area contributed by atoms with E-state index in [1.165, 1.54) is 11.6 Å². The molecule has 0 bridgehead atoms. The van der Waals surface area contributed by atoms with Crippen molar-refractivity contribution in [3.8, 4) is 5.75 Å². The van der Waals surface area contributed by atoms with Gasteiger partial charge in [-0.15, -0.1) is 0 Å². The summed E-state index contributed by atoms with van der Waals surface area (Å²) in [5.41, 5.74) is 1.19. The average Bonchev–Trinajstić information content (AvgIpc) is 2.89. The Morgan fingerprint density at radius 3 is 2.58 bits per heavy atom. The molecule has 6 nitrogen and oxygen atoms in total. The highest BCUT2D eigenvalue weighted by atomic mass is 16.3. The van der Waals surface area contributed by atoms with Crippen molar-refractivity contribution in [1.82, 2.24) is 14.7 Å². The second kappa shape index (κ2) is 6.11. The van der Waals surface area contributed by atoms with Crippen molar-refractivity contribution in [3.63, 3.8) is 0 Å². The molecule has 1 aliphatic rings. The largest absolute Gasteiger partial charge is 0.504 e. The number of Topliss-reactive ketones (excluding diaryl/α,β-unsaturated/α-hetero) is 1. The van der Waals surface area contributed by atoms with E-state index in [0.717, 1.165) is 5.56 Å². The number of amides is 1. The van der Waals surface area contributed by atoms with Crippen LogP contribution in [0.3, 0.4) is 0 Å². The van der Waals surface area contributed by atoms with Crippen LogP contribution in [-0.2, 0) is 6.42 Å². The van der Waals surface area contributed by atoms with Crippen molar-refractivity contribution in [2.75, 3.05) is 6.54 Å². The van der Waals surface area contributed by atoms with Gasteiger partial charge in [-0.3, -0.25) is 14.3 Å². The van der Waals surface area contributed by atoms with E-state index in [9.17, 15) is 14.7 Å². The Kier molecular flexibility index (Phi) is 4.13. The summed E-state index contributed by atoms with van der Waals surface area (Å²) in [7, 11) is 0. The summed E-state index contributed by atoms with van der Waals surface area (Å²) in [5.74, 6) is -0.945. The maximum atomic E-state index is 12.7. The minimum Gasteiger partial charge on any atom is -0.504 e. The average molecular weight is 327 g/mol. The SMILES string of the molecule is CC(=O)c1nn2c(c1O)C(=O)N(C(C)C)CC2Cc1ccccc1. The molecule has 1 atom stereocenters. The molecule has 1 unspecified atom stereocenters. The molecule has 6 heteroatoms. The van der Waals surface area contributed by atoms with Gasteiger partial charge in [-0.05, 0) is 25.8 Å². The highest BCUT2D eigenvalue weighted by molar-refractivity contribution is 6.02. The van der Waals surface area contributed by atoms with Crippen LogP contribution in [0.4, 0.5) is 0 Å². The lowest BCUT2D eigenvalue weighted by Gasteiger charge is -2.36. The predicted octanol–water partition coefficient (Wildman–Crippen LogP) is 2.44. The van der Waals surface area contributed by atoms with Crippen LogP contribution in [-0.4, -0.2) is 44.1 Å². The first-order valence-electron chi connectivity index (χ1n) is 8.07. The summed E-state index contributed by atoms with van der Waals surface area (Å²) in [6.45, 7) is 5.71. The van der Waals surface area contributed by atoms with Crippen molar-refractivity contribution in [2.24, 2.45) is 0 Å². The molecule has 126 valence electrons. The van der Waals surface area contributed by atoms with Gasteiger partial charge in [0.2, 0.25) is 0 Å². The number of benzene rings is 1. The molecule has 0 saturated heterocycles. The van der Waals surface area contributed by atoms with Crippen LogP contribution in [0.15, 0.2) is 30.3 Å². The van der Waals surface area contributed by atoms with Crippen LogP contribution in [0.25, 0.3) is 0 Å². The van der Waals surface area contributed by atoms with Gasteiger partial charge in [-0.25, -0.2) is 0 Å². The molecule has 0 spiro atoms. The molecule has 2 heterocycles. The minimum absolute atomic E-state index is 0.000369. The number of carbonyl (C=O) groups is 2. The molecule has 0 aliphatic carbocycles. The van der Waals surface area contributed by atoms with Gasteiger partial charge in [0.1, 0.15) is 0 Å². The number of aromatic hydroxyl groups is 1. The molecule has 2 aromatic rings. The fraction of sp³-hybridized carbons (Fsp3) is 0.389. The van der Waals surface area contributed by atoms with Crippen molar-refractivity contribution >= 4 is 11.7 Å². The molecular weight excluding hydrogens is 306 g/mol. The molecular formula is C18H21N3O3. The van der Waals surface area contributed by atoms with Crippen molar-refractivity contribution in [2.45, 2.75) is 39.3 Å². The fourth-order valence-electron chi connectivity index (χ4n) is 3.13. The van der Waals surface area contributed by atoms with E-state index in [-0.39, 0.29) is 40.9 Å². The lowest BCUT2D eigenvalue weighted by molar-refractivity contribution is 0.0590. The maximum absolute atomic E-state index is 12.7. The van der Waals surface area contributed by atoms with Crippen LogP contribution in [0.2, 0.25) is 0 Å².